The number of halogens is 1. The number of fused-ring (bicyclic) bond motifs is 1. The van der Waals surface area contributed by atoms with E-state index in [1.54, 1.807) is 7.05 Å². The van der Waals surface area contributed by atoms with Gasteiger partial charge in [0.2, 0.25) is 0 Å². The Morgan fingerprint density at radius 2 is 2.05 bits per heavy atom. The van der Waals surface area contributed by atoms with E-state index in [-0.39, 0.29) is 24.0 Å². The number of aromatic nitrogens is 1. The Kier molecular flexibility index (Phi) is 8.16. The van der Waals surface area contributed by atoms with E-state index in [0.29, 0.717) is 6.04 Å². The first-order valence-electron chi connectivity index (χ1n) is 7.54. The Labute approximate surface area is 149 Å². The minimum atomic E-state index is 0. The third-order valence-electron chi connectivity index (χ3n) is 3.62. The van der Waals surface area contributed by atoms with Crippen LogP contribution in [0.1, 0.15) is 25.8 Å². The summed E-state index contributed by atoms with van der Waals surface area (Å²) in [5, 5.41) is 7.91. The summed E-state index contributed by atoms with van der Waals surface area (Å²) in [5.74, 6) is 0.859. The number of nitrogens with one attached hydrogen (secondary N) is 2. The predicted molar refractivity (Wildman–Crippen MR) is 105 cm³/mol. The average molecular weight is 412 g/mol. The van der Waals surface area contributed by atoms with Gasteiger partial charge in [-0.05, 0) is 31.4 Å². The first-order chi connectivity index (χ1) is 10.2. The van der Waals surface area contributed by atoms with E-state index in [1.807, 2.05) is 12.3 Å². The van der Waals surface area contributed by atoms with E-state index in [4.69, 9.17) is 0 Å². The molecule has 0 fully saturated rings. The van der Waals surface area contributed by atoms with Crippen LogP contribution in [0.5, 0.6) is 0 Å². The fourth-order valence-electron chi connectivity index (χ4n) is 2.21. The standard InChI is InChI=1S/C17H24N4.HI/c1-4-13(2)21-17(18-3)20-12-10-15-8-5-7-14-9-6-11-19-16(14)15;/h5-9,11,13H,4,10,12H2,1-3H3,(H2,18,20,21);1H. The van der Waals surface area contributed by atoms with Crippen molar-refractivity contribution >= 4 is 40.8 Å². The molecule has 2 rings (SSSR count). The van der Waals surface area contributed by atoms with E-state index >= 15 is 0 Å². The fourth-order valence-corrected chi connectivity index (χ4v) is 2.21. The highest BCUT2D eigenvalue weighted by molar-refractivity contribution is 14.0. The zero-order valence-corrected chi connectivity index (χ0v) is 15.8. The number of guanidine groups is 1. The monoisotopic (exact) mass is 412 g/mol. The summed E-state index contributed by atoms with van der Waals surface area (Å²) in [7, 11) is 1.80. The van der Waals surface area contributed by atoms with Gasteiger partial charge in [-0.2, -0.15) is 0 Å². The van der Waals surface area contributed by atoms with Crippen molar-refractivity contribution in [3.05, 3.63) is 42.1 Å². The van der Waals surface area contributed by atoms with Crippen LogP contribution >= 0.6 is 24.0 Å². The van der Waals surface area contributed by atoms with Gasteiger partial charge in [0.05, 0.1) is 5.52 Å². The van der Waals surface area contributed by atoms with Crippen molar-refractivity contribution in [3.63, 3.8) is 0 Å². The van der Waals surface area contributed by atoms with Crippen molar-refractivity contribution in [3.8, 4) is 0 Å². The van der Waals surface area contributed by atoms with E-state index in [1.165, 1.54) is 10.9 Å². The zero-order chi connectivity index (χ0) is 15.1. The van der Waals surface area contributed by atoms with Gasteiger partial charge < -0.3 is 10.6 Å². The highest BCUT2D eigenvalue weighted by atomic mass is 127. The number of benzene rings is 1. The number of hydrogen-bond donors (Lipinski definition) is 2. The van der Waals surface area contributed by atoms with Crippen molar-refractivity contribution in [2.75, 3.05) is 13.6 Å². The van der Waals surface area contributed by atoms with Crippen LogP contribution in [0.4, 0.5) is 0 Å². The molecule has 1 atom stereocenters. The molecule has 0 aliphatic rings. The largest absolute Gasteiger partial charge is 0.356 e. The molecule has 4 nitrogen and oxygen atoms in total. The molecule has 1 unspecified atom stereocenters. The molecule has 0 saturated heterocycles. The van der Waals surface area contributed by atoms with Gasteiger partial charge in [-0.15, -0.1) is 24.0 Å². The average Bonchev–Trinajstić information content (AvgIpc) is 2.53. The summed E-state index contributed by atoms with van der Waals surface area (Å²) in [6, 6.07) is 10.8. The summed E-state index contributed by atoms with van der Waals surface area (Å²) >= 11 is 0. The molecule has 0 radical (unpaired) electrons. The molecule has 0 amide bonds. The van der Waals surface area contributed by atoms with Crippen molar-refractivity contribution in [2.45, 2.75) is 32.7 Å². The van der Waals surface area contributed by atoms with Gasteiger partial charge in [0.1, 0.15) is 0 Å². The predicted octanol–water partition coefficient (Wildman–Crippen LogP) is 3.36. The molecule has 0 spiro atoms. The van der Waals surface area contributed by atoms with Gasteiger partial charge in [0.25, 0.3) is 0 Å². The van der Waals surface area contributed by atoms with Crippen LogP contribution in [-0.4, -0.2) is 30.6 Å². The van der Waals surface area contributed by atoms with Crippen LogP contribution in [0.15, 0.2) is 41.5 Å². The summed E-state index contributed by atoms with van der Waals surface area (Å²) in [5.41, 5.74) is 2.35. The lowest BCUT2D eigenvalue weighted by molar-refractivity contribution is 0.624. The maximum absolute atomic E-state index is 4.49. The maximum atomic E-state index is 4.49. The van der Waals surface area contributed by atoms with Crippen molar-refractivity contribution in [1.29, 1.82) is 0 Å². The second-order valence-electron chi connectivity index (χ2n) is 5.19. The van der Waals surface area contributed by atoms with Crippen molar-refractivity contribution < 1.29 is 0 Å². The number of nitrogens with zero attached hydrogens (tertiary/aromatic N) is 2. The number of hydrogen-bond acceptors (Lipinski definition) is 2. The molecule has 1 aromatic heterocycles. The molecular formula is C17H25IN4. The van der Waals surface area contributed by atoms with E-state index in [9.17, 15) is 0 Å². The highest BCUT2D eigenvalue weighted by Crippen LogP contribution is 2.15. The molecule has 22 heavy (non-hydrogen) atoms. The highest BCUT2D eigenvalue weighted by Gasteiger charge is 2.04. The van der Waals surface area contributed by atoms with Crippen LogP contribution in [0.3, 0.4) is 0 Å². The second kappa shape index (κ2) is 9.61. The first kappa shape index (κ1) is 18.7. The molecule has 1 aromatic carbocycles. The molecular weight excluding hydrogens is 387 g/mol. The van der Waals surface area contributed by atoms with E-state index in [0.717, 1.165) is 30.9 Å². The quantitative estimate of drug-likeness (QED) is 0.450. The van der Waals surface area contributed by atoms with Gasteiger partial charge >= 0.3 is 0 Å². The third kappa shape index (κ3) is 5.12. The first-order valence-corrected chi connectivity index (χ1v) is 7.54. The van der Waals surface area contributed by atoms with Gasteiger partial charge in [-0.25, -0.2) is 0 Å². The lowest BCUT2D eigenvalue weighted by Gasteiger charge is -2.16. The van der Waals surface area contributed by atoms with Gasteiger partial charge in [0, 0.05) is 31.2 Å². The maximum Gasteiger partial charge on any atom is 0.191 e. The van der Waals surface area contributed by atoms with E-state index < -0.39 is 0 Å². The topological polar surface area (TPSA) is 49.3 Å². The van der Waals surface area contributed by atoms with Gasteiger partial charge in [0.15, 0.2) is 5.96 Å². The minimum Gasteiger partial charge on any atom is -0.356 e. The smallest absolute Gasteiger partial charge is 0.191 e. The van der Waals surface area contributed by atoms with E-state index in [2.05, 4.69) is 58.7 Å². The van der Waals surface area contributed by atoms with Crippen molar-refractivity contribution in [1.82, 2.24) is 15.6 Å². The molecule has 2 aromatic rings. The molecule has 5 heteroatoms. The second-order valence-corrected chi connectivity index (χ2v) is 5.19. The normalized spacial score (nSPS) is 12.6. The van der Waals surface area contributed by atoms with Crippen LogP contribution in [-0.2, 0) is 6.42 Å². The van der Waals surface area contributed by atoms with Gasteiger partial charge in [-0.3, -0.25) is 9.98 Å². The number of para-hydroxylation sites is 1. The Morgan fingerprint density at radius 3 is 2.77 bits per heavy atom. The third-order valence-corrected chi connectivity index (χ3v) is 3.62. The fraction of sp³-hybridized carbons (Fsp3) is 0.412. The Morgan fingerprint density at radius 1 is 1.27 bits per heavy atom. The Balaban J connectivity index is 0.00000242. The molecule has 0 aliphatic heterocycles. The number of aliphatic imine (C=N–C) groups is 1. The number of rotatable bonds is 5. The molecule has 2 N–H and O–H groups in total. The van der Waals surface area contributed by atoms with Crippen LogP contribution in [0.2, 0.25) is 0 Å². The SMILES string of the molecule is CCC(C)NC(=NC)NCCc1cccc2cccnc12.I. The van der Waals surface area contributed by atoms with Gasteiger partial charge in [-0.1, -0.05) is 31.2 Å². The Bertz CT molecular complexity index is 607. The molecule has 120 valence electrons. The lowest BCUT2D eigenvalue weighted by atomic mass is 10.1. The molecule has 1 heterocycles. The van der Waals surface area contributed by atoms with Crippen LogP contribution in [0.25, 0.3) is 10.9 Å². The summed E-state index contributed by atoms with van der Waals surface area (Å²) in [6.07, 6.45) is 3.85. The molecule has 0 aliphatic carbocycles. The summed E-state index contributed by atoms with van der Waals surface area (Å²) in [4.78, 5) is 8.74. The molecule has 0 saturated carbocycles. The van der Waals surface area contributed by atoms with Crippen molar-refractivity contribution in [2.24, 2.45) is 4.99 Å². The van der Waals surface area contributed by atoms with Crippen LogP contribution < -0.4 is 10.6 Å². The summed E-state index contributed by atoms with van der Waals surface area (Å²) in [6.45, 7) is 5.15. The van der Waals surface area contributed by atoms with Crippen LogP contribution in [0, 0.1) is 0 Å². The Hall–Kier alpha value is -1.37. The minimum absolute atomic E-state index is 0. The zero-order valence-electron chi connectivity index (χ0n) is 13.5. The lowest BCUT2D eigenvalue weighted by Crippen LogP contribution is -2.42. The molecule has 0 bridgehead atoms. The number of pyridine rings is 1. The summed E-state index contributed by atoms with van der Waals surface area (Å²) < 4.78 is 0.